The van der Waals surface area contributed by atoms with Gasteiger partial charge in [0.25, 0.3) is 5.91 Å². The largest absolute Gasteiger partial charge is 0.482 e. The number of carbonyl (C=O) groups excluding carboxylic acids is 2. The summed E-state index contributed by atoms with van der Waals surface area (Å²) in [5.74, 6) is -1.79. The van der Waals surface area contributed by atoms with Crippen molar-refractivity contribution < 1.29 is 27.9 Å². The highest BCUT2D eigenvalue weighted by molar-refractivity contribution is 6.02. The van der Waals surface area contributed by atoms with Crippen LogP contribution in [0.2, 0.25) is 0 Å². The quantitative estimate of drug-likeness (QED) is 0.641. The maximum Gasteiger partial charge on any atom is 0.337 e. The van der Waals surface area contributed by atoms with Crippen LogP contribution in [0.1, 0.15) is 26.5 Å². The number of halogens is 1. The summed E-state index contributed by atoms with van der Waals surface area (Å²) in [6.07, 6.45) is 1.04. The second-order valence-electron chi connectivity index (χ2n) is 5.91. The lowest BCUT2D eigenvalue weighted by Crippen LogP contribution is -2.16. The van der Waals surface area contributed by atoms with E-state index in [4.69, 9.17) is 9.15 Å². The minimum Gasteiger partial charge on any atom is -0.482 e. The summed E-state index contributed by atoms with van der Waals surface area (Å²) in [7, 11) is 1.27. The Morgan fingerprint density at radius 1 is 1.07 bits per heavy atom. The van der Waals surface area contributed by atoms with Crippen LogP contribution >= 0.6 is 0 Å². The van der Waals surface area contributed by atoms with Crippen LogP contribution in [0.15, 0.2) is 70.1 Å². The van der Waals surface area contributed by atoms with Crippen molar-refractivity contribution in [2.24, 2.45) is 0 Å². The molecule has 0 bridgehead atoms. The normalized spacial score (nSPS) is 10.3. The lowest BCUT2D eigenvalue weighted by molar-refractivity contribution is 0.0600. The zero-order valence-electron chi connectivity index (χ0n) is 15.3. The van der Waals surface area contributed by atoms with Gasteiger partial charge in [-0.1, -0.05) is 12.1 Å². The van der Waals surface area contributed by atoms with Crippen LogP contribution in [0.3, 0.4) is 0 Å². The minimum atomic E-state index is -0.641. The van der Waals surface area contributed by atoms with Crippen molar-refractivity contribution in [3.05, 3.63) is 93.8 Å². The first-order valence-corrected chi connectivity index (χ1v) is 8.46. The van der Waals surface area contributed by atoms with E-state index in [1.54, 1.807) is 0 Å². The zero-order chi connectivity index (χ0) is 20.8. The van der Waals surface area contributed by atoms with Gasteiger partial charge < -0.3 is 19.2 Å². The summed E-state index contributed by atoms with van der Waals surface area (Å²) in [5.41, 5.74) is 0.870. The van der Waals surface area contributed by atoms with E-state index in [0.29, 0.717) is 16.8 Å². The molecule has 1 amide bonds. The number of rotatable bonds is 6. The summed E-state index contributed by atoms with van der Waals surface area (Å²) in [6, 6.07) is 12.7. The summed E-state index contributed by atoms with van der Waals surface area (Å²) >= 11 is 0. The molecule has 0 fully saturated rings. The first-order valence-electron chi connectivity index (χ1n) is 8.46. The van der Waals surface area contributed by atoms with E-state index < -0.39 is 17.3 Å². The molecule has 0 radical (unpaired) electrons. The van der Waals surface area contributed by atoms with Gasteiger partial charge >= 0.3 is 5.97 Å². The first kappa shape index (κ1) is 19.8. The van der Waals surface area contributed by atoms with Gasteiger partial charge in [-0.05, 0) is 42.0 Å². The number of esters is 1. The van der Waals surface area contributed by atoms with Crippen LogP contribution in [0.25, 0.3) is 0 Å². The van der Waals surface area contributed by atoms with Crippen LogP contribution in [-0.4, -0.2) is 19.0 Å². The van der Waals surface area contributed by atoms with Gasteiger partial charge in [0.05, 0.1) is 12.7 Å². The second kappa shape index (κ2) is 8.83. The third-order valence-electron chi connectivity index (χ3n) is 3.89. The Balaban J connectivity index is 1.64. The number of benzene rings is 2. The van der Waals surface area contributed by atoms with Crippen molar-refractivity contribution in [2.75, 3.05) is 12.4 Å². The lowest BCUT2D eigenvalue weighted by Gasteiger charge is -2.07. The highest BCUT2D eigenvalue weighted by Crippen LogP contribution is 2.14. The zero-order valence-corrected chi connectivity index (χ0v) is 15.3. The maximum atomic E-state index is 12.9. The van der Waals surface area contributed by atoms with Gasteiger partial charge in [-0.2, -0.15) is 0 Å². The SMILES string of the molecule is COC(=O)c1ccc(NC(=O)c2cc(=O)c(OCc3ccc(F)cc3)co2)cc1. The minimum absolute atomic E-state index is 0.0448. The standard InChI is InChI=1S/C21H16FNO6/c1-27-21(26)14-4-8-16(9-5-14)23-20(25)18-10-17(24)19(12-29-18)28-11-13-2-6-15(22)7-3-13/h2-10,12H,11H2,1H3,(H,23,25). The Morgan fingerprint density at radius 3 is 2.38 bits per heavy atom. The van der Waals surface area contributed by atoms with E-state index >= 15 is 0 Å². The number of nitrogens with one attached hydrogen (secondary N) is 1. The Labute approximate surface area is 164 Å². The van der Waals surface area contributed by atoms with Crippen LogP contribution < -0.4 is 15.5 Å². The van der Waals surface area contributed by atoms with Crippen molar-refractivity contribution in [1.29, 1.82) is 0 Å². The maximum absolute atomic E-state index is 12.9. The van der Waals surface area contributed by atoms with Crippen molar-refractivity contribution in [3.8, 4) is 5.75 Å². The molecular formula is C21H16FNO6. The molecule has 29 heavy (non-hydrogen) atoms. The van der Waals surface area contributed by atoms with E-state index in [0.717, 1.165) is 12.3 Å². The molecular weight excluding hydrogens is 381 g/mol. The van der Waals surface area contributed by atoms with Crippen molar-refractivity contribution in [2.45, 2.75) is 6.61 Å². The number of anilines is 1. The molecule has 0 spiro atoms. The molecule has 0 saturated carbocycles. The summed E-state index contributed by atoms with van der Waals surface area (Å²) in [5, 5.41) is 2.55. The van der Waals surface area contributed by atoms with E-state index in [2.05, 4.69) is 10.1 Å². The molecule has 7 nitrogen and oxygen atoms in total. The fourth-order valence-corrected chi connectivity index (χ4v) is 2.37. The van der Waals surface area contributed by atoms with E-state index in [1.807, 2.05) is 0 Å². The van der Waals surface area contributed by atoms with E-state index in [9.17, 15) is 18.8 Å². The van der Waals surface area contributed by atoms with Gasteiger partial charge in [-0.25, -0.2) is 9.18 Å². The molecule has 3 aromatic rings. The molecule has 0 atom stereocenters. The smallest absolute Gasteiger partial charge is 0.337 e. The molecule has 1 heterocycles. The number of hydrogen-bond donors (Lipinski definition) is 1. The molecule has 8 heteroatoms. The van der Waals surface area contributed by atoms with Gasteiger partial charge in [0.1, 0.15) is 18.7 Å². The number of hydrogen-bond acceptors (Lipinski definition) is 6. The molecule has 0 aliphatic carbocycles. The number of amides is 1. The van der Waals surface area contributed by atoms with Crippen LogP contribution in [0.4, 0.5) is 10.1 Å². The molecule has 2 aromatic carbocycles. The highest BCUT2D eigenvalue weighted by Gasteiger charge is 2.13. The Bertz CT molecular complexity index is 1070. The van der Waals surface area contributed by atoms with Crippen molar-refractivity contribution in [1.82, 2.24) is 0 Å². The number of ether oxygens (including phenoxy) is 2. The topological polar surface area (TPSA) is 94.8 Å². The molecule has 0 aliphatic rings. The van der Waals surface area contributed by atoms with Gasteiger partial charge in [0, 0.05) is 11.8 Å². The average molecular weight is 397 g/mol. The lowest BCUT2D eigenvalue weighted by atomic mass is 10.2. The van der Waals surface area contributed by atoms with Gasteiger partial charge in [-0.15, -0.1) is 0 Å². The molecule has 0 saturated heterocycles. The van der Waals surface area contributed by atoms with E-state index in [-0.39, 0.29) is 23.9 Å². The summed E-state index contributed by atoms with van der Waals surface area (Å²) < 4.78 is 28.0. The predicted octanol–water partition coefficient (Wildman–Crippen LogP) is 3.40. The monoisotopic (exact) mass is 397 g/mol. The van der Waals surface area contributed by atoms with E-state index in [1.165, 1.54) is 55.6 Å². The van der Waals surface area contributed by atoms with Gasteiger partial charge in [-0.3, -0.25) is 9.59 Å². The van der Waals surface area contributed by atoms with Crippen molar-refractivity contribution in [3.63, 3.8) is 0 Å². The Morgan fingerprint density at radius 2 is 1.76 bits per heavy atom. The fraction of sp³-hybridized carbons (Fsp3) is 0.0952. The molecule has 1 N–H and O–H groups in total. The first-order chi connectivity index (χ1) is 14.0. The molecule has 1 aromatic heterocycles. The predicted molar refractivity (Wildman–Crippen MR) is 101 cm³/mol. The Hall–Kier alpha value is -3.94. The number of carbonyl (C=O) groups is 2. The third kappa shape index (κ3) is 5.07. The molecule has 148 valence electrons. The molecule has 3 rings (SSSR count). The summed E-state index contributed by atoms with van der Waals surface area (Å²) in [4.78, 5) is 35.8. The summed E-state index contributed by atoms with van der Waals surface area (Å²) in [6.45, 7) is 0.0448. The third-order valence-corrected chi connectivity index (χ3v) is 3.89. The van der Waals surface area contributed by atoms with Crippen LogP contribution in [0, 0.1) is 5.82 Å². The average Bonchev–Trinajstić information content (AvgIpc) is 2.74. The molecule has 0 aliphatic heterocycles. The molecule has 0 unspecified atom stereocenters. The second-order valence-corrected chi connectivity index (χ2v) is 5.91. The van der Waals surface area contributed by atoms with Crippen molar-refractivity contribution >= 4 is 17.6 Å². The highest BCUT2D eigenvalue weighted by atomic mass is 19.1. The Kier molecular flexibility index (Phi) is 6.03. The van der Waals surface area contributed by atoms with Crippen LogP contribution in [0.5, 0.6) is 5.75 Å². The van der Waals surface area contributed by atoms with Gasteiger partial charge in [0.15, 0.2) is 5.76 Å². The fourth-order valence-electron chi connectivity index (χ4n) is 2.37. The van der Waals surface area contributed by atoms with Crippen LogP contribution in [-0.2, 0) is 11.3 Å². The van der Waals surface area contributed by atoms with Gasteiger partial charge in [0.2, 0.25) is 11.2 Å². The number of methoxy groups -OCH3 is 1.